The van der Waals surface area contributed by atoms with Crippen molar-refractivity contribution < 1.29 is 4.79 Å². The Kier molecular flexibility index (Phi) is 9.78. The van der Waals surface area contributed by atoms with Gasteiger partial charge in [0.2, 0.25) is 5.91 Å². The molecule has 0 aliphatic carbocycles. The number of nitrogens with zero attached hydrogens (tertiary/aromatic N) is 1. The molecule has 0 radical (unpaired) electrons. The van der Waals surface area contributed by atoms with E-state index in [4.69, 9.17) is 5.73 Å². The van der Waals surface area contributed by atoms with Crippen molar-refractivity contribution in [2.24, 2.45) is 16.6 Å². The second-order valence-corrected chi connectivity index (χ2v) is 4.75. The van der Waals surface area contributed by atoms with Crippen molar-refractivity contribution in [3.05, 3.63) is 0 Å². The Morgan fingerprint density at radius 2 is 1.65 bits per heavy atom. The van der Waals surface area contributed by atoms with Gasteiger partial charge in [0, 0.05) is 0 Å². The zero-order valence-corrected chi connectivity index (χ0v) is 11.5. The van der Waals surface area contributed by atoms with Crippen LogP contribution in [-0.2, 0) is 4.79 Å². The molecular weight excluding hydrogens is 212 g/mol. The van der Waals surface area contributed by atoms with Gasteiger partial charge in [-0.25, -0.2) is 0 Å². The van der Waals surface area contributed by atoms with Gasteiger partial charge in [-0.1, -0.05) is 52.4 Å². The molecule has 0 fully saturated rings. The first-order valence-corrected chi connectivity index (χ1v) is 6.92. The topological polar surface area (TPSA) is 55.4 Å². The van der Waals surface area contributed by atoms with E-state index in [0.29, 0.717) is 0 Å². The van der Waals surface area contributed by atoms with Crippen LogP contribution >= 0.6 is 0 Å². The fourth-order valence-electron chi connectivity index (χ4n) is 2.16. The summed E-state index contributed by atoms with van der Waals surface area (Å²) in [4.78, 5) is 15.6. The normalized spacial score (nSPS) is 14.2. The summed E-state index contributed by atoms with van der Waals surface area (Å²) in [5.41, 5.74) is 5.47. The minimum Gasteiger partial charge on any atom is -0.369 e. The van der Waals surface area contributed by atoms with Gasteiger partial charge in [0.15, 0.2) is 0 Å². The molecule has 3 nitrogen and oxygen atoms in total. The number of hydrogen-bond donors (Lipinski definition) is 1. The summed E-state index contributed by atoms with van der Waals surface area (Å²) in [6.07, 6.45) is 8.65. The summed E-state index contributed by atoms with van der Waals surface area (Å²) in [6, 6.07) is 0.0240. The first-order valence-electron chi connectivity index (χ1n) is 6.92. The van der Waals surface area contributed by atoms with Gasteiger partial charge in [-0.2, -0.15) is 0 Å². The molecule has 0 aromatic carbocycles. The quantitative estimate of drug-likeness (QED) is 0.437. The van der Waals surface area contributed by atoms with Crippen molar-refractivity contribution in [2.75, 3.05) is 0 Å². The molecule has 100 valence electrons. The molecule has 0 spiro atoms. The van der Waals surface area contributed by atoms with Gasteiger partial charge in [-0.3, -0.25) is 9.79 Å². The lowest BCUT2D eigenvalue weighted by Gasteiger charge is -2.21. The molecule has 0 aliphatic rings. The predicted molar refractivity (Wildman–Crippen MR) is 74.3 cm³/mol. The van der Waals surface area contributed by atoms with Gasteiger partial charge in [0.25, 0.3) is 0 Å². The molecule has 0 aromatic rings. The monoisotopic (exact) mass is 240 g/mol. The molecule has 2 N–H and O–H groups in total. The fraction of sp³-hybridized carbons (Fsp3) is 0.857. The molecule has 0 saturated heterocycles. The highest BCUT2D eigenvalue weighted by atomic mass is 16.1. The van der Waals surface area contributed by atoms with Crippen LogP contribution in [0.25, 0.3) is 0 Å². The van der Waals surface area contributed by atoms with Crippen molar-refractivity contribution in [2.45, 2.75) is 71.3 Å². The van der Waals surface area contributed by atoms with E-state index < -0.39 is 0 Å². The molecule has 1 amide bonds. The third-order valence-electron chi connectivity index (χ3n) is 3.29. The molecular formula is C14H28N2O. The van der Waals surface area contributed by atoms with E-state index in [1.165, 1.54) is 12.8 Å². The SMILES string of the molecule is C=NC(CCCCC)C(CCCCC)C(N)=O. The maximum atomic E-state index is 11.5. The van der Waals surface area contributed by atoms with Crippen LogP contribution in [-0.4, -0.2) is 18.7 Å². The van der Waals surface area contributed by atoms with E-state index in [-0.39, 0.29) is 17.9 Å². The van der Waals surface area contributed by atoms with Gasteiger partial charge in [-0.05, 0) is 19.6 Å². The Bertz CT molecular complexity index is 216. The Morgan fingerprint density at radius 1 is 1.12 bits per heavy atom. The molecule has 0 aromatic heterocycles. The fourth-order valence-corrected chi connectivity index (χ4v) is 2.16. The molecule has 0 saturated carbocycles. The van der Waals surface area contributed by atoms with Crippen molar-refractivity contribution in [1.82, 2.24) is 0 Å². The maximum absolute atomic E-state index is 11.5. The largest absolute Gasteiger partial charge is 0.369 e. The van der Waals surface area contributed by atoms with Crippen LogP contribution in [0.3, 0.4) is 0 Å². The first kappa shape index (κ1) is 16.1. The molecule has 3 heteroatoms. The Hall–Kier alpha value is -0.860. The Balaban J connectivity index is 4.20. The second kappa shape index (κ2) is 10.3. The average molecular weight is 240 g/mol. The molecule has 0 bridgehead atoms. The van der Waals surface area contributed by atoms with Gasteiger partial charge >= 0.3 is 0 Å². The summed E-state index contributed by atoms with van der Waals surface area (Å²) in [5.74, 6) is -0.328. The number of carbonyl (C=O) groups is 1. The van der Waals surface area contributed by atoms with E-state index in [0.717, 1.165) is 38.5 Å². The van der Waals surface area contributed by atoms with Gasteiger partial charge in [0.1, 0.15) is 0 Å². The highest BCUT2D eigenvalue weighted by Gasteiger charge is 2.24. The number of rotatable bonds is 11. The average Bonchev–Trinajstić information content (AvgIpc) is 2.31. The zero-order valence-electron chi connectivity index (χ0n) is 11.5. The van der Waals surface area contributed by atoms with Crippen LogP contribution in [0.1, 0.15) is 65.2 Å². The minimum atomic E-state index is -0.213. The number of unbranched alkanes of at least 4 members (excludes halogenated alkanes) is 4. The molecule has 0 heterocycles. The van der Waals surface area contributed by atoms with Crippen molar-refractivity contribution in [1.29, 1.82) is 0 Å². The van der Waals surface area contributed by atoms with Gasteiger partial charge < -0.3 is 5.73 Å². The number of carbonyl (C=O) groups excluding carboxylic acids is 1. The van der Waals surface area contributed by atoms with Crippen LogP contribution in [0, 0.1) is 5.92 Å². The smallest absolute Gasteiger partial charge is 0.222 e. The highest BCUT2D eigenvalue weighted by Crippen LogP contribution is 2.21. The van der Waals surface area contributed by atoms with E-state index in [1.807, 2.05) is 0 Å². The molecule has 0 aliphatic heterocycles. The Morgan fingerprint density at radius 3 is 2.06 bits per heavy atom. The van der Waals surface area contributed by atoms with Crippen LogP contribution < -0.4 is 5.73 Å². The first-order chi connectivity index (χ1) is 8.17. The molecule has 2 atom stereocenters. The number of hydrogen-bond acceptors (Lipinski definition) is 2. The summed E-state index contributed by atoms with van der Waals surface area (Å²) in [6.45, 7) is 7.94. The summed E-state index contributed by atoms with van der Waals surface area (Å²) >= 11 is 0. The molecule has 17 heavy (non-hydrogen) atoms. The van der Waals surface area contributed by atoms with Gasteiger partial charge in [-0.15, -0.1) is 0 Å². The lowest BCUT2D eigenvalue weighted by Crippen LogP contribution is -2.32. The van der Waals surface area contributed by atoms with E-state index in [1.54, 1.807) is 0 Å². The van der Waals surface area contributed by atoms with Crippen LogP contribution in [0.4, 0.5) is 0 Å². The lowest BCUT2D eigenvalue weighted by molar-refractivity contribution is -0.122. The minimum absolute atomic E-state index is 0.0240. The van der Waals surface area contributed by atoms with Crippen molar-refractivity contribution in [3.8, 4) is 0 Å². The number of primary amides is 1. The molecule has 0 rings (SSSR count). The molecule has 2 unspecified atom stereocenters. The van der Waals surface area contributed by atoms with E-state index in [9.17, 15) is 4.79 Å². The predicted octanol–water partition coefficient (Wildman–Crippen LogP) is 3.32. The summed E-state index contributed by atoms with van der Waals surface area (Å²) in [5, 5.41) is 0. The van der Waals surface area contributed by atoms with E-state index >= 15 is 0 Å². The highest BCUT2D eigenvalue weighted by molar-refractivity contribution is 5.77. The van der Waals surface area contributed by atoms with E-state index in [2.05, 4.69) is 25.6 Å². The second-order valence-electron chi connectivity index (χ2n) is 4.75. The van der Waals surface area contributed by atoms with Crippen LogP contribution in [0.2, 0.25) is 0 Å². The number of nitrogens with two attached hydrogens (primary N) is 1. The third kappa shape index (κ3) is 7.14. The van der Waals surface area contributed by atoms with Crippen LogP contribution in [0.5, 0.6) is 0 Å². The van der Waals surface area contributed by atoms with Crippen LogP contribution in [0.15, 0.2) is 4.99 Å². The van der Waals surface area contributed by atoms with Crippen molar-refractivity contribution in [3.63, 3.8) is 0 Å². The summed E-state index contributed by atoms with van der Waals surface area (Å²) in [7, 11) is 0. The summed E-state index contributed by atoms with van der Waals surface area (Å²) < 4.78 is 0. The Labute approximate surface area is 106 Å². The number of aliphatic imine (C=N–C) groups is 1. The zero-order chi connectivity index (χ0) is 13.1. The van der Waals surface area contributed by atoms with Crippen molar-refractivity contribution >= 4 is 12.6 Å². The van der Waals surface area contributed by atoms with Gasteiger partial charge in [0.05, 0.1) is 12.0 Å². The third-order valence-corrected chi connectivity index (χ3v) is 3.29. The number of amides is 1. The standard InChI is InChI=1S/C14H28N2O/c1-4-6-8-10-12(14(15)17)13(16-3)11-9-7-5-2/h12-13H,3-11H2,1-2H3,(H2,15,17). The lowest BCUT2D eigenvalue weighted by atomic mass is 9.89. The maximum Gasteiger partial charge on any atom is 0.222 e.